The number of ether oxygens (including phenoxy) is 2. The molecule has 140 valence electrons. The summed E-state index contributed by atoms with van der Waals surface area (Å²) < 4.78 is 39.2. The summed E-state index contributed by atoms with van der Waals surface area (Å²) in [6, 6.07) is 4.87. The van der Waals surface area contributed by atoms with Crippen LogP contribution in [0.4, 0.5) is 0 Å². The van der Waals surface area contributed by atoms with Crippen molar-refractivity contribution in [1.82, 2.24) is 9.62 Å². The molecule has 2 aliphatic heterocycles. The number of nitrogens with zero attached hydrogens (tertiary/aromatic N) is 1. The van der Waals surface area contributed by atoms with Crippen molar-refractivity contribution in [3.05, 3.63) is 23.2 Å². The molecule has 3 rings (SSSR count). The monoisotopic (exact) mass is 388 g/mol. The molecule has 8 heteroatoms. The zero-order chi connectivity index (χ0) is 17.9. The highest BCUT2D eigenvalue weighted by Gasteiger charge is 2.31. The van der Waals surface area contributed by atoms with Gasteiger partial charge in [-0.3, -0.25) is 0 Å². The second-order valence-electron chi connectivity index (χ2n) is 6.61. The Balaban J connectivity index is 1.80. The number of hydrogen-bond donors (Lipinski definition) is 1. The van der Waals surface area contributed by atoms with Gasteiger partial charge in [0.1, 0.15) is 17.3 Å². The maximum atomic E-state index is 13.1. The molecule has 0 spiro atoms. The third-order valence-corrected chi connectivity index (χ3v) is 6.68. The van der Waals surface area contributed by atoms with E-state index in [0.717, 1.165) is 25.9 Å². The topological polar surface area (TPSA) is 67.9 Å². The van der Waals surface area contributed by atoms with E-state index in [9.17, 15) is 8.42 Å². The molecule has 1 aromatic carbocycles. The molecular weight excluding hydrogens is 364 g/mol. The minimum Gasteiger partial charge on any atom is -0.489 e. The van der Waals surface area contributed by atoms with E-state index in [1.54, 1.807) is 12.1 Å². The van der Waals surface area contributed by atoms with Crippen LogP contribution in [0.1, 0.15) is 26.2 Å². The summed E-state index contributed by atoms with van der Waals surface area (Å²) in [5.74, 6) is 0.338. The van der Waals surface area contributed by atoms with E-state index in [2.05, 4.69) is 5.32 Å². The lowest BCUT2D eigenvalue weighted by atomic mass is 10.1. The zero-order valence-electron chi connectivity index (χ0n) is 14.4. The molecule has 2 fully saturated rings. The zero-order valence-corrected chi connectivity index (χ0v) is 16.0. The summed E-state index contributed by atoms with van der Waals surface area (Å²) >= 11 is 6.06. The first-order valence-electron chi connectivity index (χ1n) is 8.74. The predicted octanol–water partition coefficient (Wildman–Crippen LogP) is 2.27. The second-order valence-corrected chi connectivity index (χ2v) is 8.95. The predicted molar refractivity (Wildman–Crippen MR) is 96.8 cm³/mol. The van der Waals surface area contributed by atoms with Gasteiger partial charge in [0.15, 0.2) is 0 Å². The Kier molecular flexibility index (Phi) is 6.22. The van der Waals surface area contributed by atoms with Gasteiger partial charge >= 0.3 is 0 Å². The maximum Gasteiger partial charge on any atom is 0.246 e. The number of halogens is 1. The van der Waals surface area contributed by atoms with Gasteiger partial charge in [-0.2, -0.15) is 4.31 Å². The number of sulfonamides is 1. The van der Waals surface area contributed by atoms with Crippen LogP contribution in [0.15, 0.2) is 23.1 Å². The lowest BCUT2D eigenvalue weighted by Crippen LogP contribution is -2.51. The van der Waals surface area contributed by atoms with Gasteiger partial charge in [-0.15, -0.1) is 0 Å². The minimum absolute atomic E-state index is 0.0131. The molecule has 0 aliphatic carbocycles. The SMILES string of the molecule is CC1CN(S(=O)(=O)c2cc(Cl)ccc2OCC2CCCCO2)CCN1. The molecule has 1 N–H and O–H groups in total. The summed E-state index contributed by atoms with van der Waals surface area (Å²) in [5.41, 5.74) is 0. The average molecular weight is 389 g/mol. The summed E-state index contributed by atoms with van der Waals surface area (Å²) in [7, 11) is -3.66. The molecule has 0 aromatic heterocycles. The molecular formula is C17H25ClN2O4S. The highest BCUT2D eigenvalue weighted by atomic mass is 35.5. The van der Waals surface area contributed by atoms with Crippen molar-refractivity contribution < 1.29 is 17.9 Å². The van der Waals surface area contributed by atoms with E-state index in [-0.39, 0.29) is 17.0 Å². The Morgan fingerprint density at radius 2 is 2.24 bits per heavy atom. The molecule has 0 amide bonds. The minimum atomic E-state index is -3.66. The third-order valence-electron chi connectivity index (χ3n) is 4.55. The Bertz CT molecular complexity index is 692. The van der Waals surface area contributed by atoms with E-state index < -0.39 is 10.0 Å². The fourth-order valence-corrected chi connectivity index (χ4v) is 5.10. The van der Waals surface area contributed by atoms with Crippen LogP contribution < -0.4 is 10.1 Å². The van der Waals surface area contributed by atoms with E-state index in [0.29, 0.717) is 37.0 Å². The highest BCUT2D eigenvalue weighted by Crippen LogP contribution is 2.31. The lowest BCUT2D eigenvalue weighted by molar-refractivity contribution is -0.0116. The molecule has 2 heterocycles. The van der Waals surface area contributed by atoms with Crippen molar-refractivity contribution in [2.75, 3.05) is 32.8 Å². The first kappa shape index (κ1) is 18.9. The molecule has 25 heavy (non-hydrogen) atoms. The van der Waals surface area contributed by atoms with Crippen LogP contribution in [0, 0.1) is 0 Å². The normalized spacial score (nSPS) is 25.7. The Hall–Kier alpha value is -0.860. The quantitative estimate of drug-likeness (QED) is 0.838. The molecule has 6 nitrogen and oxygen atoms in total. The van der Waals surface area contributed by atoms with E-state index in [1.807, 2.05) is 6.92 Å². The number of rotatable bonds is 5. The second kappa shape index (κ2) is 8.22. The summed E-state index contributed by atoms with van der Waals surface area (Å²) in [5, 5.41) is 3.63. The Morgan fingerprint density at radius 3 is 2.96 bits per heavy atom. The smallest absolute Gasteiger partial charge is 0.246 e. The molecule has 0 radical (unpaired) electrons. The Labute approximate surface area is 154 Å². The van der Waals surface area contributed by atoms with Crippen molar-refractivity contribution in [3.8, 4) is 5.75 Å². The van der Waals surface area contributed by atoms with Crippen molar-refractivity contribution in [2.45, 2.75) is 43.2 Å². The van der Waals surface area contributed by atoms with Gasteiger partial charge in [-0.25, -0.2) is 8.42 Å². The molecule has 2 atom stereocenters. The van der Waals surface area contributed by atoms with Crippen LogP contribution in [0.5, 0.6) is 5.75 Å². The number of benzene rings is 1. The van der Waals surface area contributed by atoms with E-state index in [4.69, 9.17) is 21.1 Å². The molecule has 2 unspecified atom stereocenters. The van der Waals surface area contributed by atoms with Crippen LogP contribution in [-0.4, -0.2) is 57.7 Å². The van der Waals surface area contributed by atoms with Crippen molar-refractivity contribution in [3.63, 3.8) is 0 Å². The molecule has 0 saturated carbocycles. The van der Waals surface area contributed by atoms with E-state index >= 15 is 0 Å². The first-order valence-corrected chi connectivity index (χ1v) is 10.6. The van der Waals surface area contributed by atoms with Gasteiger partial charge in [0.25, 0.3) is 0 Å². The van der Waals surface area contributed by atoms with Gasteiger partial charge in [0.05, 0.1) is 6.10 Å². The van der Waals surface area contributed by atoms with Crippen LogP contribution in [-0.2, 0) is 14.8 Å². The molecule has 2 aliphatic rings. The standard InChI is InChI=1S/C17H25ClN2O4S/c1-13-11-20(8-7-19-13)25(21,22)17-10-14(18)5-6-16(17)24-12-15-4-2-3-9-23-15/h5-6,10,13,15,19H,2-4,7-9,11-12H2,1H3. The first-order chi connectivity index (χ1) is 12.0. The summed E-state index contributed by atoms with van der Waals surface area (Å²) in [6.07, 6.45) is 3.13. The van der Waals surface area contributed by atoms with Gasteiger partial charge in [0, 0.05) is 37.3 Å². The molecule has 0 bridgehead atoms. The number of piperazine rings is 1. The van der Waals surface area contributed by atoms with Crippen molar-refractivity contribution >= 4 is 21.6 Å². The fourth-order valence-electron chi connectivity index (χ4n) is 3.18. The number of nitrogens with one attached hydrogen (secondary N) is 1. The summed E-state index contributed by atoms with van der Waals surface area (Å²) in [6.45, 7) is 4.55. The summed E-state index contributed by atoms with van der Waals surface area (Å²) in [4.78, 5) is 0.130. The van der Waals surface area contributed by atoms with Gasteiger partial charge in [-0.1, -0.05) is 11.6 Å². The Morgan fingerprint density at radius 1 is 1.40 bits per heavy atom. The lowest BCUT2D eigenvalue weighted by Gasteiger charge is -2.31. The average Bonchev–Trinajstić information content (AvgIpc) is 2.61. The fraction of sp³-hybridized carbons (Fsp3) is 0.647. The van der Waals surface area contributed by atoms with Gasteiger partial charge < -0.3 is 14.8 Å². The van der Waals surface area contributed by atoms with Crippen molar-refractivity contribution in [2.24, 2.45) is 0 Å². The molecule has 1 aromatic rings. The van der Waals surface area contributed by atoms with Crippen molar-refractivity contribution in [1.29, 1.82) is 0 Å². The van der Waals surface area contributed by atoms with Gasteiger partial charge in [0.2, 0.25) is 10.0 Å². The highest BCUT2D eigenvalue weighted by molar-refractivity contribution is 7.89. The molecule has 2 saturated heterocycles. The van der Waals surface area contributed by atoms with E-state index in [1.165, 1.54) is 10.4 Å². The van der Waals surface area contributed by atoms with Crippen LogP contribution >= 0.6 is 11.6 Å². The largest absolute Gasteiger partial charge is 0.489 e. The number of hydrogen-bond acceptors (Lipinski definition) is 5. The van der Waals surface area contributed by atoms with Gasteiger partial charge in [-0.05, 0) is 44.4 Å². The van der Waals surface area contributed by atoms with Crippen LogP contribution in [0.2, 0.25) is 5.02 Å². The van der Waals surface area contributed by atoms with Crippen LogP contribution in [0.3, 0.4) is 0 Å². The van der Waals surface area contributed by atoms with Crippen LogP contribution in [0.25, 0.3) is 0 Å². The maximum absolute atomic E-state index is 13.1. The third kappa shape index (κ3) is 4.65.